The van der Waals surface area contributed by atoms with E-state index in [1.54, 1.807) is 12.1 Å². The highest BCUT2D eigenvalue weighted by Gasteiger charge is 2.26. The van der Waals surface area contributed by atoms with E-state index in [1.807, 2.05) is 0 Å². The third kappa shape index (κ3) is 9.87. The van der Waals surface area contributed by atoms with Crippen LogP contribution in [0.25, 0.3) is 0 Å². The van der Waals surface area contributed by atoms with Gasteiger partial charge in [-0.1, -0.05) is 11.6 Å². The Morgan fingerprint density at radius 1 is 1.32 bits per heavy atom. The van der Waals surface area contributed by atoms with Gasteiger partial charge in [0.15, 0.2) is 5.96 Å². The molecule has 0 saturated heterocycles. The average Bonchev–Trinajstić information content (AvgIpc) is 2.42. The molecule has 5 nitrogen and oxygen atoms in total. The van der Waals surface area contributed by atoms with Crippen molar-refractivity contribution in [1.29, 1.82) is 0 Å². The molecule has 10 heteroatoms. The van der Waals surface area contributed by atoms with E-state index >= 15 is 0 Å². The van der Waals surface area contributed by atoms with Crippen molar-refractivity contribution in [3.05, 3.63) is 23.4 Å². The van der Waals surface area contributed by atoms with E-state index in [2.05, 4.69) is 20.6 Å². The second kappa shape index (κ2) is 10.7. The van der Waals surface area contributed by atoms with E-state index in [0.29, 0.717) is 17.4 Å². The highest BCUT2D eigenvalue weighted by atomic mass is 127. The number of hydrogen-bond donors (Lipinski definition) is 2. The number of nitrogens with zero attached hydrogens (tertiary/aromatic N) is 2. The summed E-state index contributed by atoms with van der Waals surface area (Å²) in [5.41, 5.74) is 0. The lowest BCUT2D eigenvalue weighted by Gasteiger charge is -2.13. The van der Waals surface area contributed by atoms with Crippen molar-refractivity contribution in [2.24, 2.45) is 4.99 Å². The molecule has 1 aromatic heterocycles. The molecule has 0 saturated carbocycles. The van der Waals surface area contributed by atoms with Crippen LogP contribution < -0.4 is 15.4 Å². The number of alkyl halides is 3. The summed E-state index contributed by atoms with van der Waals surface area (Å²) >= 11 is 5.68. The average molecular weight is 453 g/mol. The van der Waals surface area contributed by atoms with Crippen LogP contribution in [0.2, 0.25) is 5.02 Å². The van der Waals surface area contributed by atoms with Gasteiger partial charge in [-0.25, -0.2) is 4.98 Å². The van der Waals surface area contributed by atoms with Crippen LogP contribution in [0.15, 0.2) is 23.3 Å². The van der Waals surface area contributed by atoms with Gasteiger partial charge < -0.3 is 15.4 Å². The van der Waals surface area contributed by atoms with Gasteiger partial charge >= 0.3 is 6.18 Å². The van der Waals surface area contributed by atoms with Gasteiger partial charge in [0.25, 0.3) is 0 Å². The fourth-order valence-corrected chi connectivity index (χ4v) is 1.43. The Labute approximate surface area is 148 Å². The van der Waals surface area contributed by atoms with E-state index in [0.717, 1.165) is 0 Å². The van der Waals surface area contributed by atoms with Gasteiger partial charge in [-0.05, 0) is 6.07 Å². The predicted octanol–water partition coefficient (Wildman–Crippen LogP) is 2.85. The molecular formula is C12H17ClF3IN4O. The van der Waals surface area contributed by atoms with Crippen molar-refractivity contribution >= 4 is 41.5 Å². The number of aliphatic imine (C=N–C) groups is 1. The molecule has 0 amide bonds. The molecule has 0 bridgehead atoms. The van der Waals surface area contributed by atoms with E-state index in [9.17, 15) is 13.2 Å². The molecule has 0 aliphatic heterocycles. The Hall–Kier alpha value is -0.970. The maximum Gasteiger partial charge on any atom is 0.390 e. The minimum absolute atomic E-state index is 0. The quantitative estimate of drug-likeness (QED) is 0.302. The van der Waals surface area contributed by atoms with E-state index in [-0.39, 0.29) is 43.1 Å². The lowest BCUT2D eigenvalue weighted by atomic mass is 10.4. The number of guanidine groups is 1. The summed E-state index contributed by atoms with van der Waals surface area (Å²) in [7, 11) is 1.48. The molecule has 22 heavy (non-hydrogen) atoms. The minimum Gasteiger partial charge on any atom is -0.476 e. The Morgan fingerprint density at radius 2 is 2.00 bits per heavy atom. The minimum atomic E-state index is -4.19. The van der Waals surface area contributed by atoms with Gasteiger partial charge in [-0.2, -0.15) is 13.2 Å². The van der Waals surface area contributed by atoms with Crippen molar-refractivity contribution in [2.45, 2.75) is 12.6 Å². The summed E-state index contributed by atoms with van der Waals surface area (Å²) in [4.78, 5) is 7.74. The Kier molecular flexibility index (Phi) is 10.2. The molecule has 2 N–H and O–H groups in total. The molecule has 0 atom stereocenters. The monoisotopic (exact) mass is 452 g/mol. The first kappa shape index (κ1) is 21.0. The lowest BCUT2D eigenvalue weighted by molar-refractivity contribution is -0.132. The van der Waals surface area contributed by atoms with Crippen LogP contribution in [-0.4, -0.2) is 43.9 Å². The van der Waals surface area contributed by atoms with Crippen molar-refractivity contribution in [1.82, 2.24) is 15.6 Å². The first-order valence-electron chi connectivity index (χ1n) is 6.16. The summed E-state index contributed by atoms with van der Waals surface area (Å²) < 4.78 is 41.3. The lowest BCUT2D eigenvalue weighted by Crippen LogP contribution is -2.40. The predicted molar refractivity (Wildman–Crippen MR) is 90.2 cm³/mol. The fourth-order valence-electron chi connectivity index (χ4n) is 1.32. The Balaban J connectivity index is 0.00000441. The van der Waals surface area contributed by atoms with Crippen LogP contribution in [0.3, 0.4) is 0 Å². The first-order chi connectivity index (χ1) is 9.90. The molecular weight excluding hydrogens is 436 g/mol. The standard InChI is InChI=1S/C12H16ClF3N4O.HI/c1-17-11(18-5-4-12(14,15)16)19-6-7-21-10-3-2-9(13)8-20-10;/h2-3,8H,4-7H2,1H3,(H2,17,18,19);1H. The molecule has 0 unspecified atom stereocenters. The number of hydrogen-bond acceptors (Lipinski definition) is 3. The van der Waals surface area contributed by atoms with Crippen LogP contribution in [0.5, 0.6) is 5.88 Å². The Bertz CT molecular complexity index is 457. The Morgan fingerprint density at radius 3 is 2.55 bits per heavy atom. The maximum absolute atomic E-state index is 12.0. The van der Waals surface area contributed by atoms with Crippen LogP contribution in [0.1, 0.15) is 6.42 Å². The van der Waals surface area contributed by atoms with Gasteiger partial charge in [-0.15, -0.1) is 24.0 Å². The van der Waals surface area contributed by atoms with Gasteiger partial charge in [0.1, 0.15) is 6.61 Å². The van der Waals surface area contributed by atoms with Crippen LogP contribution in [-0.2, 0) is 0 Å². The summed E-state index contributed by atoms with van der Waals surface area (Å²) in [6.07, 6.45) is -3.64. The number of pyridine rings is 1. The summed E-state index contributed by atoms with van der Waals surface area (Å²) in [6.45, 7) is 0.424. The van der Waals surface area contributed by atoms with Crippen molar-refractivity contribution in [3.8, 4) is 5.88 Å². The number of halogens is 5. The molecule has 0 spiro atoms. The topological polar surface area (TPSA) is 58.5 Å². The van der Waals surface area contributed by atoms with Gasteiger partial charge in [0.05, 0.1) is 18.0 Å². The third-order valence-electron chi connectivity index (χ3n) is 2.27. The van der Waals surface area contributed by atoms with E-state index < -0.39 is 12.6 Å². The van der Waals surface area contributed by atoms with Gasteiger partial charge in [0.2, 0.25) is 5.88 Å². The maximum atomic E-state index is 12.0. The van der Waals surface area contributed by atoms with Crippen LogP contribution in [0.4, 0.5) is 13.2 Å². The highest BCUT2D eigenvalue weighted by molar-refractivity contribution is 14.0. The van der Waals surface area contributed by atoms with E-state index in [4.69, 9.17) is 16.3 Å². The summed E-state index contributed by atoms with van der Waals surface area (Å²) in [5, 5.41) is 5.90. The molecule has 1 rings (SSSR count). The molecule has 0 fully saturated rings. The zero-order valence-electron chi connectivity index (χ0n) is 11.8. The summed E-state index contributed by atoms with van der Waals surface area (Å²) in [6, 6.07) is 3.27. The highest BCUT2D eigenvalue weighted by Crippen LogP contribution is 2.18. The van der Waals surface area contributed by atoms with Gasteiger partial charge in [0, 0.05) is 25.9 Å². The van der Waals surface area contributed by atoms with Crippen molar-refractivity contribution in [2.75, 3.05) is 26.7 Å². The normalized spacial score (nSPS) is 11.6. The van der Waals surface area contributed by atoms with Crippen LogP contribution >= 0.6 is 35.6 Å². The number of ether oxygens (including phenoxy) is 1. The zero-order chi connectivity index (χ0) is 15.7. The largest absolute Gasteiger partial charge is 0.476 e. The second-order valence-electron chi connectivity index (χ2n) is 3.95. The molecule has 126 valence electrons. The molecule has 1 aromatic rings. The summed E-state index contributed by atoms with van der Waals surface area (Å²) in [5.74, 6) is 0.702. The van der Waals surface area contributed by atoms with Crippen LogP contribution in [0, 0.1) is 0 Å². The smallest absolute Gasteiger partial charge is 0.390 e. The molecule has 1 heterocycles. The molecule has 0 aliphatic rings. The number of rotatable bonds is 6. The number of aromatic nitrogens is 1. The van der Waals surface area contributed by atoms with Gasteiger partial charge in [-0.3, -0.25) is 4.99 Å². The SMILES string of the molecule is CN=C(NCCOc1ccc(Cl)cn1)NCCC(F)(F)F.I. The van der Waals surface area contributed by atoms with Crippen molar-refractivity contribution < 1.29 is 17.9 Å². The number of nitrogens with one attached hydrogen (secondary N) is 2. The molecule has 0 aromatic carbocycles. The van der Waals surface area contributed by atoms with E-state index in [1.165, 1.54) is 13.2 Å². The second-order valence-corrected chi connectivity index (χ2v) is 4.39. The molecule has 0 radical (unpaired) electrons. The third-order valence-corrected chi connectivity index (χ3v) is 2.49. The fraction of sp³-hybridized carbons (Fsp3) is 0.500. The van der Waals surface area contributed by atoms with Crippen molar-refractivity contribution in [3.63, 3.8) is 0 Å². The molecule has 0 aliphatic carbocycles. The zero-order valence-corrected chi connectivity index (χ0v) is 14.9. The first-order valence-corrected chi connectivity index (χ1v) is 6.54.